The molecule has 1 aromatic heterocycles. The van der Waals surface area contributed by atoms with Crippen LogP contribution in [0.4, 0.5) is 0 Å². The summed E-state index contributed by atoms with van der Waals surface area (Å²) in [4.78, 5) is 38.5. The molecule has 7 nitrogen and oxygen atoms in total. The van der Waals surface area contributed by atoms with E-state index in [1.54, 1.807) is 31.2 Å². The second kappa shape index (κ2) is 8.53. The van der Waals surface area contributed by atoms with Gasteiger partial charge in [0.15, 0.2) is 11.8 Å². The molecular formula is C25H20N2O5. The minimum Gasteiger partial charge on any atom is -0.458 e. The van der Waals surface area contributed by atoms with Gasteiger partial charge in [-0.05, 0) is 42.3 Å². The molecule has 0 bridgehead atoms. The average molecular weight is 428 g/mol. The second-order valence-electron chi connectivity index (χ2n) is 7.40. The standard InChI is InChI=1S/C25H20N2O5/c1-3-25(14-13-21(32-25)27-15-17(2)22(28)26-24(27)30)16-31-23(29)20-11-9-19(10-12-20)18-7-5-4-6-8-18/h1,4-15,21H,16H2,2H3,(H,26,28,30)/t21-,25+/m1/s1. The molecule has 1 aliphatic rings. The lowest BCUT2D eigenvalue weighted by Gasteiger charge is -2.24. The Kier molecular flexibility index (Phi) is 5.63. The van der Waals surface area contributed by atoms with E-state index in [0.717, 1.165) is 11.1 Å². The molecule has 7 heteroatoms. The Labute approximate surface area is 183 Å². The van der Waals surface area contributed by atoms with Crippen LogP contribution < -0.4 is 11.2 Å². The number of nitrogens with one attached hydrogen (secondary N) is 1. The third-order valence-electron chi connectivity index (χ3n) is 5.17. The minimum absolute atomic E-state index is 0.229. The Hall–Kier alpha value is -4.15. The van der Waals surface area contributed by atoms with Crippen molar-refractivity contribution < 1.29 is 14.3 Å². The number of rotatable bonds is 5. The summed E-state index contributed by atoms with van der Waals surface area (Å²) >= 11 is 0. The zero-order valence-electron chi connectivity index (χ0n) is 17.3. The Bertz CT molecular complexity index is 1330. The lowest BCUT2D eigenvalue weighted by Crippen LogP contribution is -2.37. The average Bonchev–Trinajstić information content (AvgIpc) is 3.25. The number of ether oxygens (including phenoxy) is 2. The van der Waals surface area contributed by atoms with Crippen molar-refractivity contribution in [3.05, 3.63) is 105 Å². The largest absolute Gasteiger partial charge is 0.458 e. The number of hydrogen-bond donors (Lipinski definition) is 1. The first-order valence-corrected chi connectivity index (χ1v) is 9.90. The van der Waals surface area contributed by atoms with Gasteiger partial charge in [-0.2, -0.15) is 0 Å². The highest BCUT2D eigenvalue weighted by Gasteiger charge is 2.36. The summed E-state index contributed by atoms with van der Waals surface area (Å²) in [7, 11) is 0. The van der Waals surface area contributed by atoms with Gasteiger partial charge in [-0.25, -0.2) is 9.59 Å². The molecular weight excluding hydrogens is 408 g/mol. The molecule has 0 spiro atoms. The van der Waals surface area contributed by atoms with Crippen LogP contribution in [0.5, 0.6) is 0 Å². The molecule has 0 amide bonds. The molecule has 1 aliphatic heterocycles. The highest BCUT2D eigenvalue weighted by Crippen LogP contribution is 2.29. The molecule has 0 fully saturated rings. The molecule has 2 aromatic carbocycles. The van der Waals surface area contributed by atoms with Crippen LogP contribution in [0.1, 0.15) is 22.1 Å². The Morgan fingerprint density at radius 3 is 2.53 bits per heavy atom. The van der Waals surface area contributed by atoms with Crippen LogP contribution in [0.3, 0.4) is 0 Å². The number of aryl methyl sites for hydroxylation is 1. The molecule has 32 heavy (non-hydrogen) atoms. The molecule has 2 heterocycles. The summed E-state index contributed by atoms with van der Waals surface area (Å²) in [5, 5.41) is 0. The number of carbonyl (C=O) groups excluding carboxylic acids is 1. The number of carbonyl (C=O) groups is 1. The van der Waals surface area contributed by atoms with Crippen LogP contribution in [0.15, 0.2) is 82.5 Å². The number of hydrogen-bond acceptors (Lipinski definition) is 5. The Morgan fingerprint density at radius 2 is 1.84 bits per heavy atom. The zero-order valence-corrected chi connectivity index (χ0v) is 17.3. The van der Waals surface area contributed by atoms with Crippen molar-refractivity contribution in [1.82, 2.24) is 9.55 Å². The van der Waals surface area contributed by atoms with Gasteiger partial charge in [0.2, 0.25) is 0 Å². The van der Waals surface area contributed by atoms with Crippen LogP contribution in [-0.2, 0) is 9.47 Å². The van der Waals surface area contributed by atoms with Crippen molar-refractivity contribution in [3.8, 4) is 23.5 Å². The van der Waals surface area contributed by atoms with Crippen molar-refractivity contribution in [2.24, 2.45) is 0 Å². The smallest absolute Gasteiger partial charge is 0.338 e. The van der Waals surface area contributed by atoms with Crippen LogP contribution in [0.2, 0.25) is 0 Å². The maximum Gasteiger partial charge on any atom is 0.338 e. The van der Waals surface area contributed by atoms with Crippen LogP contribution in [0, 0.1) is 19.3 Å². The number of H-pyrrole nitrogens is 1. The molecule has 2 atom stereocenters. The fraction of sp³-hybridized carbons (Fsp3) is 0.160. The summed E-state index contributed by atoms with van der Waals surface area (Å²) in [5.74, 6) is 1.94. The third-order valence-corrected chi connectivity index (χ3v) is 5.17. The third kappa shape index (κ3) is 4.17. The van der Waals surface area contributed by atoms with Crippen molar-refractivity contribution in [2.45, 2.75) is 18.8 Å². The number of aromatic nitrogens is 2. The fourth-order valence-electron chi connectivity index (χ4n) is 3.35. The number of benzene rings is 2. The van der Waals surface area contributed by atoms with Crippen LogP contribution in [0.25, 0.3) is 11.1 Å². The SMILES string of the molecule is C#C[C@@]1(COC(=O)c2ccc(-c3ccccc3)cc2)C=C[C@H](n2cc(C)c(=O)[nH]c2=O)O1. The predicted molar refractivity (Wildman–Crippen MR) is 119 cm³/mol. The summed E-state index contributed by atoms with van der Waals surface area (Å²) in [6.07, 6.45) is 9.35. The van der Waals surface area contributed by atoms with Gasteiger partial charge in [0.05, 0.1) is 5.56 Å². The monoisotopic (exact) mass is 428 g/mol. The molecule has 0 saturated carbocycles. The zero-order chi connectivity index (χ0) is 22.7. The number of nitrogens with zero attached hydrogens (tertiary/aromatic N) is 1. The van der Waals surface area contributed by atoms with E-state index >= 15 is 0 Å². The molecule has 0 aliphatic carbocycles. The molecule has 4 rings (SSSR count). The quantitative estimate of drug-likeness (QED) is 0.383. The number of esters is 1. The Balaban J connectivity index is 1.44. The van der Waals surface area contributed by atoms with Crippen molar-refractivity contribution in [2.75, 3.05) is 6.61 Å². The minimum atomic E-state index is -1.33. The molecule has 1 N–H and O–H groups in total. The van der Waals surface area contributed by atoms with E-state index in [2.05, 4.69) is 10.9 Å². The molecule has 160 valence electrons. The predicted octanol–water partition coefficient (Wildman–Crippen LogP) is 2.83. The summed E-state index contributed by atoms with van der Waals surface area (Å²) in [6.45, 7) is 1.35. The normalized spacial score (nSPS) is 19.4. The van der Waals surface area contributed by atoms with Gasteiger partial charge in [0, 0.05) is 11.8 Å². The van der Waals surface area contributed by atoms with E-state index in [4.69, 9.17) is 15.9 Å². The first-order valence-electron chi connectivity index (χ1n) is 9.90. The summed E-state index contributed by atoms with van der Waals surface area (Å²) in [6, 6.07) is 16.9. The summed E-state index contributed by atoms with van der Waals surface area (Å²) in [5.41, 5.74) is 0.333. The van der Waals surface area contributed by atoms with E-state index in [9.17, 15) is 14.4 Å². The molecule has 0 radical (unpaired) electrons. The first kappa shape index (κ1) is 21.1. The highest BCUT2D eigenvalue weighted by molar-refractivity contribution is 5.90. The van der Waals surface area contributed by atoms with Gasteiger partial charge in [0.25, 0.3) is 5.56 Å². The van der Waals surface area contributed by atoms with Crippen molar-refractivity contribution in [3.63, 3.8) is 0 Å². The van der Waals surface area contributed by atoms with Crippen molar-refractivity contribution in [1.29, 1.82) is 0 Å². The van der Waals surface area contributed by atoms with Gasteiger partial charge in [-0.1, -0.05) is 48.4 Å². The van der Waals surface area contributed by atoms with E-state index in [1.165, 1.54) is 10.8 Å². The van der Waals surface area contributed by atoms with Gasteiger partial charge < -0.3 is 9.47 Å². The Morgan fingerprint density at radius 1 is 1.16 bits per heavy atom. The van der Waals surface area contributed by atoms with Crippen LogP contribution >= 0.6 is 0 Å². The lowest BCUT2D eigenvalue weighted by atomic mass is 10.0. The van der Waals surface area contributed by atoms with Gasteiger partial charge >= 0.3 is 11.7 Å². The topological polar surface area (TPSA) is 90.4 Å². The maximum atomic E-state index is 12.5. The lowest BCUT2D eigenvalue weighted by molar-refractivity contribution is -0.0574. The van der Waals surface area contributed by atoms with E-state index in [0.29, 0.717) is 11.1 Å². The van der Waals surface area contributed by atoms with E-state index in [-0.39, 0.29) is 6.61 Å². The van der Waals surface area contributed by atoms with Crippen molar-refractivity contribution >= 4 is 5.97 Å². The highest BCUT2D eigenvalue weighted by atomic mass is 16.6. The summed E-state index contributed by atoms with van der Waals surface area (Å²) < 4.78 is 12.5. The fourth-order valence-corrected chi connectivity index (χ4v) is 3.35. The van der Waals surface area contributed by atoms with Gasteiger partial charge in [0.1, 0.15) is 6.61 Å². The van der Waals surface area contributed by atoms with Gasteiger partial charge in [-0.15, -0.1) is 6.42 Å². The second-order valence-corrected chi connectivity index (χ2v) is 7.40. The molecule has 0 unspecified atom stereocenters. The molecule has 3 aromatic rings. The first-order chi connectivity index (χ1) is 15.4. The van der Waals surface area contributed by atoms with Crippen LogP contribution in [-0.4, -0.2) is 27.7 Å². The molecule has 0 saturated heterocycles. The maximum absolute atomic E-state index is 12.5. The van der Waals surface area contributed by atoms with Gasteiger partial charge in [-0.3, -0.25) is 14.3 Å². The number of terminal acetylenes is 1. The number of aromatic amines is 1. The van der Waals surface area contributed by atoms with E-state index < -0.39 is 29.0 Å². The van der Waals surface area contributed by atoms with E-state index in [1.807, 2.05) is 42.5 Å².